The Morgan fingerprint density at radius 1 is 1.29 bits per heavy atom. The third-order valence-corrected chi connectivity index (χ3v) is 4.19. The number of rotatable bonds is 2. The van der Waals surface area contributed by atoms with Crippen LogP contribution in [0.5, 0.6) is 0 Å². The number of benzene rings is 1. The van der Waals surface area contributed by atoms with Crippen molar-refractivity contribution in [3.8, 4) is 0 Å². The van der Waals surface area contributed by atoms with Gasteiger partial charge in [-0.3, -0.25) is 4.98 Å². The van der Waals surface area contributed by atoms with Crippen molar-refractivity contribution in [1.29, 1.82) is 0 Å². The van der Waals surface area contributed by atoms with Crippen molar-refractivity contribution in [2.45, 2.75) is 38.1 Å². The van der Waals surface area contributed by atoms with Gasteiger partial charge in [-0.15, -0.1) is 0 Å². The SMILES string of the molecule is Cc1cncc2cc(C3(C(C)N)CC3)ccc12. The molecule has 0 radical (unpaired) electrons. The zero-order valence-corrected chi connectivity index (χ0v) is 10.4. The van der Waals surface area contributed by atoms with E-state index in [2.05, 4.69) is 37.0 Å². The molecule has 2 N–H and O–H groups in total. The Morgan fingerprint density at radius 3 is 2.71 bits per heavy atom. The molecule has 1 aromatic heterocycles. The molecule has 1 saturated carbocycles. The van der Waals surface area contributed by atoms with Gasteiger partial charge in [0, 0.05) is 29.2 Å². The molecular formula is C15H18N2. The van der Waals surface area contributed by atoms with E-state index in [1.807, 2.05) is 12.4 Å². The fourth-order valence-corrected chi connectivity index (χ4v) is 2.78. The van der Waals surface area contributed by atoms with Gasteiger partial charge in [0.1, 0.15) is 0 Å². The number of fused-ring (bicyclic) bond motifs is 1. The van der Waals surface area contributed by atoms with E-state index in [1.54, 1.807) is 0 Å². The smallest absolute Gasteiger partial charge is 0.0346 e. The maximum Gasteiger partial charge on any atom is 0.0346 e. The molecule has 1 aliphatic carbocycles. The number of hydrogen-bond acceptors (Lipinski definition) is 2. The minimum absolute atomic E-state index is 0.234. The van der Waals surface area contributed by atoms with Gasteiger partial charge < -0.3 is 5.73 Å². The molecule has 0 bridgehead atoms. The number of hydrogen-bond donors (Lipinski definition) is 1. The summed E-state index contributed by atoms with van der Waals surface area (Å²) in [6.45, 7) is 4.22. The summed E-state index contributed by atoms with van der Waals surface area (Å²) >= 11 is 0. The predicted octanol–water partition coefficient (Wildman–Crippen LogP) is 2.92. The maximum atomic E-state index is 6.12. The summed E-state index contributed by atoms with van der Waals surface area (Å²) in [6.07, 6.45) is 6.30. The summed E-state index contributed by atoms with van der Waals surface area (Å²) in [5.41, 5.74) is 8.97. The molecule has 2 aromatic rings. The molecule has 2 heteroatoms. The third-order valence-electron chi connectivity index (χ3n) is 4.19. The lowest BCUT2D eigenvalue weighted by atomic mass is 9.88. The molecule has 1 unspecified atom stereocenters. The van der Waals surface area contributed by atoms with Gasteiger partial charge in [-0.2, -0.15) is 0 Å². The molecule has 1 heterocycles. The fourth-order valence-electron chi connectivity index (χ4n) is 2.78. The summed E-state index contributed by atoms with van der Waals surface area (Å²) < 4.78 is 0. The van der Waals surface area contributed by atoms with Crippen LogP contribution in [0.15, 0.2) is 30.6 Å². The minimum atomic E-state index is 0.234. The lowest BCUT2D eigenvalue weighted by Crippen LogP contribution is -2.31. The van der Waals surface area contributed by atoms with E-state index in [1.165, 1.54) is 34.7 Å². The van der Waals surface area contributed by atoms with Crippen LogP contribution in [0.3, 0.4) is 0 Å². The van der Waals surface area contributed by atoms with Gasteiger partial charge in [-0.05, 0) is 49.3 Å². The first-order chi connectivity index (χ1) is 8.13. The summed E-state index contributed by atoms with van der Waals surface area (Å²) in [5, 5.41) is 2.53. The molecule has 2 nitrogen and oxygen atoms in total. The first-order valence-electron chi connectivity index (χ1n) is 6.24. The van der Waals surface area contributed by atoms with Crippen LogP contribution >= 0.6 is 0 Å². The van der Waals surface area contributed by atoms with Crippen molar-refractivity contribution in [3.05, 3.63) is 41.7 Å². The third kappa shape index (κ3) is 1.55. The van der Waals surface area contributed by atoms with Gasteiger partial charge >= 0.3 is 0 Å². The summed E-state index contributed by atoms with van der Waals surface area (Å²) in [5.74, 6) is 0. The summed E-state index contributed by atoms with van der Waals surface area (Å²) in [4.78, 5) is 4.27. The zero-order valence-electron chi connectivity index (χ0n) is 10.4. The number of pyridine rings is 1. The van der Waals surface area contributed by atoms with Gasteiger partial charge in [0.05, 0.1) is 0 Å². The van der Waals surface area contributed by atoms with Crippen LogP contribution in [0, 0.1) is 6.92 Å². The van der Waals surface area contributed by atoms with Gasteiger partial charge in [-0.25, -0.2) is 0 Å². The highest BCUT2D eigenvalue weighted by atomic mass is 14.7. The van der Waals surface area contributed by atoms with Crippen molar-refractivity contribution in [1.82, 2.24) is 4.98 Å². The highest BCUT2D eigenvalue weighted by Crippen LogP contribution is 2.50. The maximum absolute atomic E-state index is 6.12. The molecule has 0 amide bonds. The quantitative estimate of drug-likeness (QED) is 0.855. The zero-order chi connectivity index (χ0) is 12.0. The van der Waals surface area contributed by atoms with Crippen LogP contribution in [0.1, 0.15) is 30.9 Å². The van der Waals surface area contributed by atoms with Crippen molar-refractivity contribution in [3.63, 3.8) is 0 Å². The fraction of sp³-hybridized carbons (Fsp3) is 0.400. The molecular weight excluding hydrogens is 208 g/mol. The van der Waals surface area contributed by atoms with Gasteiger partial charge in [-0.1, -0.05) is 12.1 Å². The average Bonchev–Trinajstić information content (AvgIpc) is 3.10. The Hall–Kier alpha value is -1.41. The van der Waals surface area contributed by atoms with E-state index in [4.69, 9.17) is 5.73 Å². The molecule has 1 aromatic carbocycles. The molecule has 1 fully saturated rings. The molecule has 17 heavy (non-hydrogen) atoms. The normalized spacial score (nSPS) is 19.2. The Morgan fingerprint density at radius 2 is 2.06 bits per heavy atom. The Balaban J connectivity index is 2.15. The predicted molar refractivity (Wildman–Crippen MR) is 71.0 cm³/mol. The van der Waals surface area contributed by atoms with Gasteiger partial charge in [0.25, 0.3) is 0 Å². The van der Waals surface area contributed by atoms with Crippen molar-refractivity contribution >= 4 is 10.8 Å². The number of nitrogens with zero attached hydrogens (tertiary/aromatic N) is 1. The summed E-state index contributed by atoms with van der Waals surface area (Å²) in [6, 6.07) is 6.96. The second-order valence-corrected chi connectivity index (χ2v) is 5.34. The average molecular weight is 226 g/mol. The van der Waals surface area contributed by atoms with Crippen molar-refractivity contribution in [2.24, 2.45) is 5.73 Å². The van der Waals surface area contributed by atoms with E-state index >= 15 is 0 Å². The molecule has 0 spiro atoms. The first-order valence-corrected chi connectivity index (χ1v) is 6.24. The van der Waals surface area contributed by atoms with Gasteiger partial charge in [0.2, 0.25) is 0 Å². The Labute approximate surface area is 102 Å². The van der Waals surface area contributed by atoms with Crippen LogP contribution < -0.4 is 5.73 Å². The van der Waals surface area contributed by atoms with E-state index < -0.39 is 0 Å². The molecule has 1 atom stereocenters. The molecule has 0 saturated heterocycles. The van der Waals surface area contributed by atoms with E-state index in [0.29, 0.717) is 0 Å². The molecule has 88 valence electrons. The largest absolute Gasteiger partial charge is 0.327 e. The number of aromatic nitrogens is 1. The lowest BCUT2D eigenvalue weighted by Gasteiger charge is -2.20. The highest BCUT2D eigenvalue weighted by molar-refractivity contribution is 5.85. The number of nitrogens with two attached hydrogens (primary N) is 1. The topological polar surface area (TPSA) is 38.9 Å². The van der Waals surface area contributed by atoms with Crippen LogP contribution in [0.25, 0.3) is 10.8 Å². The van der Waals surface area contributed by atoms with Crippen LogP contribution in [0.4, 0.5) is 0 Å². The Kier molecular flexibility index (Phi) is 2.23. The summed E-state index contributed by atoms with van der Waals surface area (Å²) in [7, 11) is 0. The number of aryl methyl sites for hydroxylation is 1. The lowest BCUT2D eigenvalue weighted by molar-refractivity contribution is 0.557. The first kappa shape index (κ1) is 10.7. The van der Waals surface area contributed by atoms with E-state index in [-0.39, 0.29) is 11.5 Å². The monoisotopic (exact) mass is 226 g/mol. The second kappa shape index (κ2) is 3.54. The highest BCUT2D eigenvalue weighted by Gasteiger charge is 2.47. The van der Waals surface area contributed by atoms with Crippen molar-refractivity contribution < 1.29 is 0 Å². The standard InChI is InChI=1S/C15H18N2/c1-10-8-17-9-12-7-13(3-4-14(10)12)15(5-6-15)11(2)16/h3-4,7-9,11H,5-6,16H2,1-2H3. The van der Waals surface area contributed by atoms with Crippen LogP contribution in [0.2, 0.25) is 0 Å². The van der Waals surface area contributed by atoms with Crippen LogP contribution in [-0.4, -0.2) is 11.0 Å². The Bertz CT molecular complexity index is 568. The van der Waals surface area contributed by atoms with Gasteiger partial charge in [0.15, 0.2) is 0 Å². The molecule has 1 aliphatic rings. The van der Waals surface area contributed by atoms with E-state index in [9.17, 15) is 0 Å². The minimum Gasteiger partial charge on any atom is -0.327 e. The van der Waals surface area contributed by atoms with Crippen LogP contribution in [-0.2, 0) is 5.41 Å². The molecule has 0 aliphatic heterocycles. The molecule has 3 rings (SSSR count). The van der Waals surface area contributed by atoms with E-state index in [0.717, 1.165) is 0 Å². The second-order valence-electron chi connectivity index (χ2n) is 5.34. The van der Waals surface area contributed by atoms with Crippen molar-refractivity contribution in [2.75, 3.05) is 0 Å².